The molecule has 3 atom stereocenters. The first-order valence-electron chi connectivity index (χ1n) is 7.94. The highest BCUT2D eigenvalue weighted by Crippen LogP contribution is 2.30. The summed E-state index contributed by atoms with van der Waals surface area (Å²) in [6, 6.07) is 7.12. The smallest absolute Gasteiger partial charge is 0.226 e. The Balaban J connectivity index is 0.00000176. The van der Waals surface area contributed by atoms with Gasteiger partial charge in [0.1, 0.15) is 5.82 Å². The fourth-order valence-electron chi connectivity index (χ4n) is 3.75. The van der Waals surface area contributed by atoms with Crippen molar-refractivity contribution in [1.29, 1.82) is 0 Å². The van der Waals surface area contributed by atoms with Crippen molar-refractivity contribution in [2.75, 3.05) is 6.54 Å². The van der Waals surface area contributed by atoms with Gasteiger partial charge in [-0.3, -0.25) is 4.79 Å². The van der Waals surface area contributed by atoms with Gasteiger partial charge >= 0.3 is 0 Å². The lowest BCUT2D eigenvalue weighted by molar-refractivity contribution is -0.136. The first-order chi connectivity index (χ1) is 10.1. The van der Waals surface area contributed by atoms with Crippen molar-refractivity contribution in [2.24, 2.45) is 11.7 Å². The maximum Gasteiger partial charge on any atom is 0.226 e. The number of hydrogen-bond acceptors (Lipinski definition) is 2. The van der Waals surface area contributed by atoms with E-state index in [0.717, 1.165) is 50.6 Å². The molecule has 1 aromatic carbocycles. The predicted octanol–water partition coefficient (Wildman–Crippen LogP) is 2.91. The molecule has 2 N–H and O–H groups in total. The van der Waals surface area contributed by atoms with Crippen LogP contribution in [0.2, 0.25) is 0 Å². The molecule has 0 bridgehead atoms. The van der Waals surface area contributed by atoms with Gasteiger partial charge in [-0.25, -0.2) is 4.39 Å². The molecule has 3 nitrogen and oxygen atoms in total. The van der Waals surface area contributed by atoms with E-state index in [0.29, 0.717) is 0 Å². The van der Waals surface area contributed by atoms with Crippen LogP contribution < -0.4 is 5.73 Å². The molecule has 1 saturated heterocycles. The van der Waals surface area contributed by atoms with Gasteiger partial charge in [0.05, 0.1) is 0 Å². The number of carbonyl (C=O) groups is 1. The number of rotatable bonds is 3. The monoisotopic (exact) mass is 326 g/mol. The molecule has 22 heavy (non-hydrogen) atoms. The summed E-state index contributed by atoms with van der Waals surface area (Å²) in [4.78, 5) is 14.7. The maximum absolute atomic E-state index is 13.3. The molecule has 3 rings (SSSR count). The summed E-state index contributed by atoms with van der Waals surface area (Å²) in [5, 5.41) is 0. The Kier molecular flexibility index (Phi) is 5.81. The lowest BCUT2D eigenvalue weighted by Crippen LogP contribution is -2.40. The van der Waals surface area contributed by atoms with E-state index in [9.17, 15) is 9.18 Å². The highest BCUT2D eigenvalue weighted by Gasteiger charge is 2.36. The molecule has 2 fully saturated rings. The Morgan fingerprint density at radius 3 is 2.82 bits per heavy atom. The fourth-order valence-corrected chi connectivity index (χ4v) is 3.75. The standard InChI is InChI=1S/C17H23FN2O.ClH/c18-14-4-1-3-12(9-14)10-16-5-2-8-20(16)17(21)13-6-7-15(19)11-13;/h1,3-4,9,13,15-16H,2,5-8,10-11,19H2;1H. The quantitative estimate of drug-likeness (QED) is 0.928. The summed E-state index contributed by atoms with van der Waals surface area (Å²) in [7, 11) is 0. The third kappa shape index (κ3) is 3.79. The molecule has 122 valence electrons. The van der Waals surface area contributed by atoms with Gasteiger partial charge in [0.25, 0.3) is 0 Å². The van der Waals surface area contributed by atoms with E-state index in [4.69, 9.17) is 5.73 Å². The van der Waals surface area contributed by atoms with E-state index >= 15 is 0 Å². The summed E-state index contributed by atoms with van der Waals surface area (Å²) < 4.78 is 13.3. The molecule has 0 radical (unpaired) electrons. The van der Waals surface area contributed by atoms with E-state index in [1.807, 2.05) is 11.0 Å². The third-order valence-electron chi connectivity index (χ3n) is 4.84. The van der Waals surface area contributed by atoms with Gasteiger partial charge in [0.15, 0.2) is 0 Å². The van der Waals surface area contributed by atoms with E-state index in [1.165, 1.54) is 6.07 Å². The second-order valence-electron chi connectivity index (χ2n) is 6.43. The molecule has 3 unspecified atom stereocenters. The lowest BCUT2D eigenvalue weighted by Gasteiger charge is -2.27. The van der Waals surface area contributed by atoms with Crippen LogP contribution in [0.4, 0.5) is 4.39 Å². The van der Waals surface area contributed by atoms with Gasteiger partial charge in [0, 0.05) is 24.5 Å². The Morgan fingerprint density at radius 1 is 1.32 bits per heavy atom. The van der Waals surface area contributed by atoms with Crippen LogP contribution in [0.1, 0.15) is 37.7 Å². The second-order valence-corrected chi connectivity index (χ2v) is 6.43. The Labute approximate surface area is 137 Å². The van der Waals surface area contributed by atoms with E-state index in [2.05, 4.69) is 0 Å². The summed E-state index contributed by atoms with van der Waals surface area (Å²) in [6.45, 7) is 0.838. The average molecular weight is 327 g/mol. The minimum Gasteiger partial charge on any atom is -0.339 e. The lowest BCUT2D eigenvalue weighted by atomic mass is 10.0. The zero-order chi connectivity index (χ0) is 14.8. The number of benzene rings is 1. The van der Waals surface area contributed by atoms with Crippen molar-refractivity contribution in [3.8, 4) is 0 Å². The van der Waals surface area contributed by atoms with Crippen molar-refractivity contribution in [1.82, 2.24) is 4.90 Å². The number of carbonyl (C=O) groups excluding carboxylic acids is 1. The normalized spacial score (nSPS) is 27.7. The summed E-state index contributed by atoms with van der Waals surface area (Å²) >= 11 is 0. The molecular weight excluding hydrogens is 303 g/mol. The zero-order valence-electron chi connectivity index (χ0n) is 12.7. The number of nitrogens with two attached hydrogens (primary N) is 1. The molecule has 1 amide bonds. The highest BCUT2D eigenvalue weighted by molar-refractivity contribution is 5.85. The van der Waals surface area contributed by atoms with Crippen molar-refractivity contribution in [3.05, 3.63) is 35.6 Å². The molecule has 1 aliphatic carbocycles. The van der Waals surface area contributed by atoms with Crippen LogP contribution >= 0.6 is 12.4 Å². The Bertz CT molecular complexity index is 525. The Morgan fingerprint density at radius 2 is 2.14 bits per heavy atom. The summed E-state index contributed by atoms with van der Waals surface area (Å²) in [6.07, 6.45) is 5.51. The molecule has 1 heterocycles. The van der Waals surface area contributed by atoms with Crippen molar-refractivity contribution in [2.45, 2.75) is 50.6 Å². The van der Waals surface area contributed by atoms with Crippen molar-refractivity contribution >= 4 is 18.3 Å². The molecule has 2 aliphatic rings. The average Bonchev–Trinajstić information content (AvgIpc) is 3.07. The van der Waals surface area contributed by atoms with Gasteiger partial charge in [0.2, 0.25) is 5.91 Å². The minimum absolute atomic E-state index is 0. The molecule has 1 aliphatic heterocycles. The highest BCUT2D eigenvalue weighted by atomic mass is 35.5. The van der Waals surface area contributed by atoms with Gasteiger partial charge in [-0.2, -0.15) is 0 Å². The molecule has 0 aromatic heterocycles. The second kappa shape index (κ2) is 7.42. The van der Waals surface area contributed by atoms with Gasteiger partial charge in [-0.1, -0.05) is 12.1 Å². The van der Waals surface area contributed by atoms with Crippen LogP contribution in [-0.2, 0) is 11.2 Å². The van der Waals surface area contributed by atoms with Crippen LogP contribution in [0, 0.1) is 11.7 Å². The van der Waals surface area contributed by atoms with E-state index in [-0.39, 0.29) is 42.1 Å². The van der Waals surface area contributed by atoms with Crippen LogP contribution in [0.25, 0.3) is 0 Å². The van der Waals surface area contributed by atoms with Gasteiger partial charge < -0.3 is 10.6 Å². The predicted molar refractivity (Wildman–Crippen MR) is 87.4 cm³/mol. The van der Waals surface area contributed by atoms with Crippen LogP contribution in [-0.4, -0.2) is 29.4 Å². The summed E-state index contributed by atoms with van der Waals surface area (Å²) in [5.74, 6) is 0.167. The van der Waals surface area contributed by atoms with Crippen molar-refractivity contribution < 1.29 is 9.18 Å². The Hall–Kier alpha value is -1.13. The molecule has 1 saturated carbocycles. The SMILES string of the molecule is Cl.NC1CCC(C(=O)N2CCCC2Cc2cccc(F)c2)C1. The van der Waals surface area contributed by atoms with E-state index in [1.54, 1.807) is 12.1 Å². The number of nitrogens with zero attached hydrogens (tertiary/aromatic N) is 1. The first kappa shape index (κ1) is 17.2. The van der Waals surface area contributed by atoms with Gasteiger partial charge in [-0.05, 0) is 56.2 Å². The first-order valence-corrected chi connectivity index (χ1v) is 7.94. The topological polar surface area (TPSA) is 46.3 Å². The van der Waals surface area contributed by atoms with Crippen LogP contribution in [0.15, 0.2) is 24.3 Å². The number of halogens is 2. The van der Waals surface area contributed by atoms with E-state index < -0.39 is 0 Å². The third-order valence-corrected chi connectivity index (χ3v) is 4.84. The number of likely N-dealkylation sites (tertiary alicyclic amines) is 1. The molecule has 1 aromatic rings. The van der Waals surface area contributed by atoms with Gasteiger partial charge in [-0.15, -0.1) is 12.4 Å². The molecule has 5 heteroatoms. The zero-order valence-corrected chi connectivity index (χ0v) is 13.5. The summed E-state index contributed by atoms with van der Waals surface area (Å²) in [5.41, 5.74) is 6.90. The van der Waals surface area contributed by atoms with Crippen LogP contribution in [0.3, 0.4) is 0 Å². The largest absolute Gasteiger partial charge is 0.339 e. The fraction of sp³-hybridized carbons (Fsp3) is 0.588. The number of hydrogen-bond donors (Lipinski definition) is 1. The minimum atomic E-state index is -0.204. The maximum atomic E-state index is 13.3. The van der Waals surface area contributed by atoms with Crippen LogP contribution in [0.5, 0.6) is 0 Å². The number of amides is 1. The molecular formula is C17H24ClFN2O. The molecule has 0 spiro atoms. The van der Waals surface area contributed by atoms with Crippen molar-refractivity contribution in [3.63, 3.8) is 0 Å².